The van der Waals surface area contributed by atoms with Crippen molar-refractivity contribution < 1.29 is 14.0 Å². The zero-order chi connectivity index (χ0) is 19.0. The van der Waals surface area contributed by atoms with Gasteiger partial charge in [-0.2, -0.15) is 4.98 Å². The maximum Gasteiger partial charge on any atom is 0.240 e. The van der Waals surface area contributed by atoms with E-state index in [1.165, 1.54) is 0 Å². The lowest BCUT2D eigenvalue weighted by Crippen LogP contribution is -2.39. The van der Waals surface area contributed by atoms with E-state index in [4.69, 9.17) is 14.0 Å². The largest absolute Gasteiger partial charge is 0.485 e. The Bertz CT molecular complexity index is 841. The van der Waals surface area contributed by atoms with Gasteiger partial charge in [-0.25, -0.2) is 0 Å². The van der Waals surface area contributed by atoms with Gasteiger partial charge in [0.25, 0.3) is 0 Å². The summed E-state index contributed by atoms with van der Waals surface area (Å²) in [6, 6.07) is 13.6. The Balaban J connectivity index is 1.24. The summed E-state index contributed by atoms with van der Waals surface area (Å²) >= 11 is 0. The highest BCUT2D eigenvalue weighted by Crippen LogP contribution is 2.17. The molecule has 0 radical (unpaired) electrons. The molecule has 1 aliphatic heterocycles. The van der Waals surface area contributed by atoms with Crippen molar-refractivity contribution in [3.63, 3.8) is 0 Å². The summed E-state index contributed by atoms with van der Waals surface area (Å²) < 4.78 is 17.1. The molecule has 7 heteroatoms. The van der Waals surface area contributed by atoms with Crippen LogP contribution in [-0.2, 0) is 24.5 Å². The second kappa shape index (κ2) is 9.43. The van der Waals surface area contributed by atoms with E-state index in [1.807, 2.05) is 48.7 Å². The number of benzene rings is 1. The van der Waals surface area contributed by atoms with Crippen LogP contribution in [-0.4, -0.2) is 39.2 Å². The monoisotopic (exact) mass is 380 g/mol. The van der Waals surface area contributed by atoms with Gasteiger partial charge in [-0.05, 0) is 43.1 Å². The molecule has 1 saturated heterocycles. The van der Waals surface area contributed by atoms with Gasteiger partial charge in [0.1, 0.15) is 5.75 Å². The molecule has 7 nitrogen and oxygen atoms in total. The van der Waals surface area contributed by atoms with Crippen LogP contribution < -0.4 is 4.74 Å². The molecule has 1 atom stereocenters. The third-order valence-electron chi connectivity index (χ3n) is 4.65. The fourth-order valence-electron chi connectivity index (χ4n) is 3.26. The molecule has 4 rings (SSSR count). The average Bonchev–Trinajstić information content (AvgIpc) is 3.20. The first-order valence-electron chi connectivity index (χ1n) is 9.57. The minimum absolute atomic E-state index is 0.206. The van der Waals surface area contributed by atoms with Crippen LogP contribution in [0, 0.1) is 0 Å². The van der Waals surface area contributed by atoms with Gasteiger partial charge in [0.2, 0.25) is 11.7 Å². The second-order valence-electron chi connectivity index (χ2n) is 6.88. The van der Waals surface area contributed by atoms with Crippen LogP contribution in [0.25, 0.3) is 0 Å². The highest BCUT2D eigenvalue weighted by molar-refractivity contribution is 5.20. The number of hydrogen-bond donors (Lipinski definition) is 0. The van der Waals surface area contributed by atoms with Crippen LogP contribution in [0.2, 0.25) is 0 Å². The predicted octanol–water partition coefficient (Wildman–Crippen LogP) is 3.22. The van der Waals surface area contributed by atoms with E-state index < -0.39 is 0 Å². The molecule has 3 heterocycles. The maximum absolute atomic E-state index is 6.06. The van der Waals surface area contributed by atoms with E-state index in [1.54, 1.807) is 6.20 Å². The van der Waals surface area contributed by atoms with Gasteiger partial charge in [-0.1, -0.05) is 29.4 Å². The number of para-hydroxylation sites is 1. The fourth-order valence-corrected chi connectivity index (χ4v) is 3.26. The Morgan fingerprint density at radius 1 is 1.11 bits per heavy atom. The van der Waals surface area contributed by atoms with Gasteiger partial charge in [0.15, 0.2) is 6.61 Å². The fraction of sp³-hybridized carbons (Fsp3) is 0.381. The number of rotatable bonds is 8. The predicted molar refractivity (Wildman–Crippen MR) is 102 cm³/mol. The molecule has 2 aromatic heterocycles. The van der Waals surface area contributed by atoms with Gasteiger partial charge in [-0.3, -0.25) is 9.88 Å². The zero-order valence-corrected chi connectivity index (χ0v) is 15.7. The lowest BCUT2D eigenvalue weighted by molar-refractivity contribution is -0.0142. The zero-order valence-electron chi connectivity index (χ0n) is 15.7. The van der Waals surface area contributed by atoms with Crippen molar-refractivity contribution in [2.75, 3.05) is 13.1 Å². The van der Waals surface area contributed by atoms with Crippen LogP contribution in [0.5, 0.6) is 5.75 Å². The number of ether oxygens (including phenoxy) is 2. The minimum atomic E-state index is 0.206. The van der Waals surface area contributed by atoms with Crippen LogP contribution in [0.1, 0.15) is 30.1 Å². The van der Waals surface area contributed by atoms with Crippen molar-refractivity contribution >= 4 is 0 Å². The number of nitrogens with zero attached hydrogens (tertiary/aromatic N) is 4. The molecule has 0 saturated carbocycles. The highest BCUT2D eigenvalue weighted by Gasteiger charge is 2.22. The van der Waals surface area contributed by atoms with Crippen molar-refractivity contribution in [1.29, 1.82) is 0 Å². The highest BCUT2D eigenvalue weighted by atomic mass is 16.5. The smallest absolute Gasteiger partial charge is 0.240 e. The lowest BCUT2D eigenvalue weighted by Gasteiger charge is -2.31. The van der Waals surface area contributed by atoms with Gasteiger partial charge in [0.05, 0.1) is 19.3 Å². The van der Waals surface area contributed by atoms with E-state index in [0.29, 0.717) is 31.5 Å². The van der Waals surface area contributed by atoms with Crippen LogP contribution in [0.15, 0.2) is 59.4 Å². The molecule has 0 bridgehead atoms. The molecule has 0 aliphatic carbocycles. The Labute approximate surface area is 164 Å². The first-order chi connectivity index (χ1) is 13.8. The van der Waals surface area contributed by atoms with E-state index in [0.717, 1.165) is 37.2 Å². The van der Waals surface area contributed by atoms with E-state index in [2.05, 4.69) is 20.0 Å². The van der Waals surface area contributed by atoms with Crippen LogP contribution in [0.4, 0.5) is 0 Å². The molecule has 1 aromatic carbocycles. The third kappa shape index (κ3) is 5.37. The van der Waals surface area contributed by atoms with E-state index in [-0.39, 0.29) is 6.10 Å². The molecular formula is C21H24N4O3. The molecule has 0 spiro atoms. The summed E-state index contributed by atoms with van der Waals surface area (Å²) in [5.74, 6) is 1.96. The Morgan fingerprint density at radius 2 is 2.04 bits per heavy atom. The second-order valence-corrected chi connectivity index (χ2v) is 6.88. The van der Waals surface area contributed by atoms with Crippen molar-refractivity contribution in [2.45, 2.75) is 38.7 Å². The number of likely N-dealkylation sites (tertiary alicyclic amines) is 1. The minimum Gasteiger partial charge on any atom is -0.485 e. The molecule has 0 unspecified atom stereocenters. The van der Waals surface area contributed by atoms with Gasteiger partial charge >= 0.3 is 0 Å². The average molecular weight is 380 g/mol. The lowest BCUT2D eigenvalue weighted by atomic mass is 10.1. The summed E-state index contributed by atoms with van der Waals surface area (Å²) in [7, 11) is 0. The molecule has 0 amide bonds. The van der Waals surface area contributed by atoms with Gasteiger partial charge in [0, 0.05) is 18.9 Å². The molecule has 1 fully saturated rings. The molecule has 1 aliphatic rings. The topological polar surface area (TPSA) is 73.5 Å². The summed E-state index contributed by atoms with van der Waals surface area (Å²) in [6.45, 7) is 3.38. The molecule has 28 heavy (non-hydrogen) atoms. The van der Waals surface area contributed by atoms with E-state index >= 15 is 0 Å². The van der Waals surface area contributed by atoms with Crippen LogP contribution in [0.3, 0.4) is 0 Å². The normalized spacial score (nSPS) is 17.5. The van der Waals surface area contributed by atoms with Crippen molar-refractivity contribution in [3.05, 3.63) is 72.1 Å². The Kier molecular flexibility index (Phi) is 6.26. The summed E-state index contributed by atoms with van der Waals surface area (Å²) in [5.41, 5.74) is 1.10. The molecular weight excluding hydrogens is 356 g/mol. The maximum atomic E-state index is 6.06. The van der Waals surface area contributed by atoms with Gasteiger partial charge in [-0.15, -0.1) is 0 Å². The number of pyridine rings is 1. The van der Waals surface area contributed by atoms with Gasteiger partial charge < -0.3 is 14.0 Å². The standard InChI is InChI=1S/C21H24N4O3/c1-2-7-18(8-3-1)27-16-20-23-21(28-24-20)14-25-11-5-9-19(13-25)26-15-17-6-4-10-22-12-17/h1-4,6-8,10,12,19H,5,9,11,13-16H2/t19-/m1/s1. The number of hydrogen-bond acceptors (Lipinski definition) is 7. The van der Waals surface area contributed by atoms with Crippen LogP contribution >= 0.6 is 0 Å². The first kappa shape index (κ1) is 18.6. The summed E-state index contributed by atoms with van der Waals surface area (Å²) in [4.78, 5) is 10.9. The molecule has 146 valence electrons. The summed E-state index contributed by atoms with van der Waals surface area (Å²) in [5, 5.41) is 4.02. The molecule has 0 N–H and O–H groups in total. The van der Waals surface area contributed by atoms with Crippen molar-refractivity contribution in [3.8, 4) is 5.75 Å². The van der Waals surface area contributed by atoms with Crippen molar-refractivity contribution in [2.24, 2.45) is 0 Å². The molecule has 3 aromatic rings. The quantitative estimate of drug-likeness (QED) is 0.594. The number of aromatic nitrogens is 3. The Morgan fingerprint density at radius 3 is 2.89 bits per heavy atom. The summed E-state index contributed by atoms with van der Waals surface area (Å²) in [6.07, 6.45) is 5.98. The SMILES string of the molecule is c1ccc(OCc2noc(CN3CCC[C@@H](OCc4cccnc4)C3)n2)cc1. The number of piperidine rings is 1. The van der Waals surface area contributed by atoms with E-state index in [9.17, 15) is 0 Å². The third-order valence-corrected chi connectivity index (χ3v) is 4.65. The first-order valence-corrected chi connectivity index (χ1v) is 9.57. The Hall–Kier alpha value is -2.77. The van der Waals surface area contributed by atoms with Crippen molar-refractivity contribution in [1.82, 2.24) is 20.0 Å².